The Morgan fingerprint density at radius 1 is 1.30 bits per heavy atom. The average Bonchev–Trinajstić information content (AvgIpc) is 2.91. The summed E-state index contributed by atoms with van der Waals surface area (Å²) in [7, 11) is 0. The van der Waals surface area contributed by atoms with Gasteiger partial charge in [-0.25, -0.2) is 13.8 Å². The van der Waals surface area contributed by atoms with E-state index in [1.54, 1.807) is 6.92 Å². The lowest BCUT2D eigenvalue weighted by molar-refractivity contribution is 0.371. The molecule has 0 atom stereocenters. The maximum Gasteiger partial charge on any atom is 0.246 e. The van der Waals surface area contributed by atoms with Gasteiger partial charge >= 0.3 is 0 Å². The maximum atomic E-state index is 13.5. The van der Waals surface area contributed by atoms with Gasteiger partial charge < -0.3 is 15.2 Å². The van der Waals surface area contributed by atoms with E-state index < -0.39 is 11.6 Å². The summed E-state index contributed by atoms with van der Waals surface area (Å²) in [4.78, 5) is 8.26. The standard InChI is InChI=1S/C14H17F2N5O.HI/c1-3-17-14(19-8-13-20-9(2)21-22-13)18-7-10-6-11(15)4-5-12(10)16;/h4-6H,3,7-8H2,1-2H3,(H2,17,18,19);1H. The fourth-order valence-electron chi connectivity index (χ4n) is 1.74. The molecule has 0 unspecified atom stereocenters. The minimum Gasteiger partial charge on any atom is -0.357 e. The lowest BCUT2D eigenvalue weighted by Crippen LogP contribution is -2.36. The normalized spacial score (nSPS) is 11.0. The molecule has 2 aromatic rings. The Kier molecular flexibility index (Phi) is 7.86. The second kappa shape index (κ2) is 9.38. The molecule has 0 aliphatic rings. The van der Waals surface area contributed by atoms with Gasteiger partial charge in [-0.05, 0) is 32.0 Å². The monoisotopic (exact) mass is 437 g/mol. The first-order valence-electron chi connectivity index (χ1n) is 6.83. The first-order chi connectivity index (χ1) is 10.6. The van der Waals surface area contributed by atoms with Crippen LogP contribution in [0, 0.1) is 18.6 Å². The number of hydrogen-bond donors (Lipinski definition) is 2. The van der Waals surface area contributed by atoms with Gasteiger partial charge in [0.15, 0.2) is 11.8 Å². The zero-order valence-electron chi connectivity index (χ0n) is 12.8. The van der Waals surface area contributed by atoms with E-state index in [0.29, 0.717) is 24.2 Å². The molecule has 0 bridgehead atoms. The van der Waals surface area contributed by atoms with Crippen LogP contribution in [-0.2, 0) is 13.1 Å². The minimum absolute atomic E-state index is 0. The number of aryl methyl sites for hydroxylation is 1. The van der Waals surface area contributed by atoms with Crippen molar-refractivity contribution < 1.29 is 13.3 Å². The molecule has 0 fully saturated rings. The van der Waals surface area contributed by atoms with E-state index in [1.165, 1.54) is 0 Å². The molecule has 1 aromatic heterocycles. The molecule has 0 aliphatic heterocycles. The number of hydrogen-bond acceptors (Lipinski definition) is 4. The summed E-state index contributed by atoms with van der Waals surface area (Å²) >= 11 is 0. The van der Waals surface area contributed by atoms with Gasteiger partial charge in [-0.1, -0.05) is 5.16 Å². The van der Waals surface area contributed by atoms with E-state index in [0.717, 1.165) is 18.2 Å². The quantitative estimate of drug-likeness (QED) is 0.427. The zero-order valence-corrected chi connectivity index (χ0v) is 15.1. The van der Waals surface area contributed by atoms with Crippen molar-refractivity contribution in [1.29, 1.82) is 0 Å². The van der Waals surface area contributed by atoms with Crippen molar-refractivity contribution >= 4 is 29.9 Å². The lowest BCUT2D eigenvalue weighted by atomic mass is 10.2. The number of halogens is 3. The van der Waals surface area contributed by atoms with Gasteiger partial charge in [0.1, 0.15) is 11.6 Å². The summed E-state index contributed by atoms with van der Waals surface area (Å²) in [5.41, 5.74) is 0.186. The molecule has 126 valence electrons. The van der Waals surface area contributed by atoms with Gasteiger partial charge in [-0.15, -0.1) is 24.0 Å². The fraction of sp³-hybridized carbons (Fsp3) is 0.357. The molecule has 0 saturated carbocycles. The van der Waals surface area contributed by atoms with Gasteiger partial charge in [0.25, 0.3) is 0 Å². The van der Waals surface area contributed by atoms with Gasteiger partial charge in [-0.2, -0.15) is 4.98 Å². The minimum atomic E-state index is -0.495. The molecule has 0 aliphatic carbocycles. The smallest absolute Gasteiger partial charge is 0.246 e. The molecular formula is C14H18F2IN5O. The molecular weight excluding hydrogens is 419 g/mol. The number of nitrogens with one attached hydrogen (secondary N) is 2. The average molecular weight is 437 g/mol. The molecule has 1 aromatic carbocycles. The second-order valence-corrected chi connectivity index (χ2v) is 4.52. The van der Waals surface area contributed by atoms with Gasteiger partial charge in [0.05, 0.1) is 13.1 Å². The first-order valence-corrected chi connectivity index (χ1v) is 6.83. The van der Waals surface area contributed by atoms with Crippen molar-refractivity contribution in [3.8, 4) is 0 Å². The molecule has 6 nitrogen and oxygen atoms in total. The Labute approximate surface area is 149 Å². The van der Waals surface area contributed by atoms with Gasteiger partial charge in [0.2, 0.25) is 5.89 Å². The van der Waals surface area contributed by atoms with Crippen LogP contribution in [0.15, 0.2) is 27.7 Å². The Hall–Kier alpha value is -1.78. The summed E-state index contributed by atoms with van der Waals surface area (Å²) in [5, 5.41) is 9.66. The molecule has 0 saturated heterocycles. The lowest BCUT2D eigenvalue weighted by Gasteiger charge is -2.09. The van der Waals surface area contributed by atoms with Crippen LogP contribution in [0.25, 0.3) is 0 Å². The molecule has 23 heavy (non-hydrogen) atoms. The first kappa shape index (κ1) is 19.3. The highest BCUT2D eigenvalue weighted by Gasteiger charge is 2.06. The van der Waals surface area contributed by atoms with E-state index in [9.17, 15) is 8.78 Å². The number of rotatable bonds is 5. The number of aromatic nitrogens is 2. The predicted octanol–water partition coefficient (Wildman–Crippen LogP) is 2.53. The van der Waals surface area contributed by atoms with Crippen LogP contribution >= 0.6 is 24.0 Å². The molecule has 1 heterocycles. The van der Waals surface area contributed by atoms with Crippen molar-refractivity contribution in [3.05, 3.63) is 47.1 Å². The SMILES string of the molecule is CCNC(=NCc1cc(F)ccc1F)NCc1nc(C)no1.I. The Morgan fingerprint density at radius 2 is 2.09 bits per heavy atom. The van der Waals surface area contributed by atoms with Crippen LogP contribution in [0.3, 0.4) is 0 Å². The van der Waals surface area contributed by atoms with E-state index >= 15 is 0 Å². The maximum absolute atomic E-state index is 13.5. The third-order valence-corrected chi connectivity index (χ3v) is 2.74. The van der Waals surface area contributed by atoms with Crippen molar-refractivity contribution in [1.82, 2.24) is 20.8 Å². The largest absolute Gasteiger partial charge is 0.357 e. The Bertz CT molecular complexity index is 662. The molecule has 2 rings (SSSR count). The third kappa shape index (κ3) is 6.08. The van der Waals surface area contributed by atoms with Crippen molar-refractivity contribution in [2.75, 3.05) is 6.54 Å². The number of aliphatic imine (C=N–C) groups is 1. The van der Waals surface area contributed by atoms with Crippen molar-refractivity contribution in [3.63, 3.8) is 0 Å². The van der Waals surface area contributed by atoms with Gasteiger partial charge in [0, 0.05) is 12.1 Å². The summed E-state index contributed by atoms with van der Waals surface area (Å²) in [6.07, 6.45) is 0. The molecule has 0 spiro atoms. The Morgan fingerprint density at radius 3 is 2.74 bits per heavy atom. The fourth-order valence-corrected chi connectivity index (χ4v) is 1.74. The van der Waals surface area contributed by atoms with E-state index in [-0.39, 0.29) is 42.6 Å². The molecule has 9 heteroatoms. The number of benzene rings is 1. The van der Waals surface area contributed by atoms with Crippen molar-refractivity contribution in [2.24, 2.45) is 4.99 Å². The molecule has 0 amide bonds. The topological polar surface area (TPSA) is 75.3 Å². The van der Waals surface area contributed by atoms with Crippen LogP contribution in [0.4, 0.5) is 8.78 Å². The van der Waals surface area contributed by atoms with Gasteiger partial charge in [-0.3, -0.25) is 0 Å². The van der Waals surface area contributed by atoms with Crippen LogP contribution in [0.2, 0.25) is 0 Å². The number of guanidine groups is 1. The summed E-state index contributed by atoms with van der Waals surface area (Å²) in [5.74, 6) is 0.419. The zero-order chi connectivity index (χ0) is 15.9. The third-order valence-electron chi connectivity index (χ3n) is 2.74. The van der Waals surface area contributed by atoms with Crippen molar-refractivity contribution in [2.45, 2.75) is 26.9 Å². The summed E-state index contributed by atoms with van der Waals surface area (Å²) in [6, 6.07) is 3.29. The highest BCUT2D eigenvalue weighted by molar-refractivity contribution is 14.0. The van der Waals surface area contributed by atoms with Crippen LogP contribution in [0.5, 0.6) is 0 Å². The number of nitrogens with zero attached hydrogens (tertiary/aromatic N) is 3. The summed E-state index contributed by atoms with van der Waals surface area (Å²) < 4.78 is 31.6. The van der Waals surface area contributed by atoms with E-state index in [4.69, 9.17) is 4.52 Å². The molecule has 2 N–H and O–H groups in total. The Balaban J connectivity index is 0.00000264. The summed E-state index contributed by atoms with van der Waals surface area (Å²) in [6.45, 7) is 4.55. The molecule has 0 radical (unpaired) electrons. The van der Waals surface area contributed by atoms with E-state index in [2.05, 4.69) is 25.8 Å². The van der Waals surface area contributed by atoms with Crippen LogP contribution < -0.4 is 10.6 Å². The highest BCUT2D eigenvalue weighted by Crippen LogP contribution is 2.10. The second-order valence-electron chi connectivity index (χ2n) is 4.52. The van der Waals surface area contributed by atoms with E-state index in [1.807, 2.05) is 6.92 Å². The van der Waals surface area contributed by atoms with Crippen LogP contribution in [0.1, 0.15) is 24.2 Å². The predicted molar refractivity (Wildman–Crippen MR) is 92.5 cm³/mol. The van der Waals surface area contributed by atoms with Crippen LogP contribution in [-0.4, -0.2) is 22.6 Å². The highest BCUT2D eigenvalue weighted by atomic mass is 127.